The number of phenolic OH excluding ortho intramolecular Hbond substituents is 1. The van der Waals surface area contributed by atoms with E-state index >= 15 is 0 Å². The zero-order valence-corrected chi connectivity index (χ0v) is 25.3. The van der Waals surface area contributed by atoms with Crippen LogP contribution in [0.4, 0.5) is 0 Å². The summed E-state index contributed by atoms with van der Waals surface area (Å²) in [5.74, 6) is -0.840. The van der Waals surface area contributed by atoms with Crippen molar-refractivity contribution in [2.24, 2.45) is 0 Å². The van der Waals surface area contributed by atoms with E-state index in [9.17, 15) is 24.9 Å². The van der Waals surface area contributed by atoms with Crippen molar-refractivity contribution in [3.05, 3.63) is 58.2 Å². The van der Waals surface area contributed by atoms with E-state index in [0.29, 0.717) is 23.3 Å². The first-order valence-corrected chi connectivity index (χ1v) is 14.0. The number of carbonyl (C=O) groups excluding carboxylic acids is 2. The van der Waals surface area contributed by atoms with Crippen LogP contribution in [0.2, 0.25) is 0 Å². The number of aliphatic hydroxyl groups is 2. The van der Waals surface area contributed by atoms with E-state index in [1.54, 1.807) is 19.1 Å². The van der Waals surface area contributed by atoms with Crippen molar-refractivity contribution in [1.82, 2.24) is 0 Å². The summed E-state index contributed by atoms with van der Waals surface area (Å²) in [6.07, 6.45) is 4.12. The van der Waals surface area contributed by atoms with Gasteiger partial charge in [-0.1, -0.05) is 34.9 Å². The van der Waals surface area contributed by atoms with Gasteiger partial charge in [0.1, 0.15) is 30.3 Å². The van der Waals surface area contributed by atoms with Crippen LogP contribution >= 0.6 is 0 Å². The highest BCUT2D eigenvalue weighted by molar-refractivity contribution is 5.66. The first-order valence-electron chi connectivity index (χ1n) is 14.0. The maximum Gasteiger partial charge on any atom is 0.303 e. The molecule has 0 amide bonds. The quantitative estimate of drug-likeness (QED) is 0.220. The van der Waals surface area contributed by atoms with E-state index < -0.39 is 42.6 Å². The minimum atomic E-state index is -1.53. The number of rotatable bonds is 13. The van der Waals surface area contributed by atoms with E-state index in [-0.39, 0.29) is 12.4 Å². The summed E-state index contributed by atoms with van der Waals surface area (Å²) in [7, 11) is 0. The summed E-state index contributed by atoms with van der Waals surface area (Å²) in [6.45, 7) is 12.2. The van der Waals surface area contributed by atoms with Crippen molar-refractivity contribution < 1.29 is 43.9 Å². The van der Waals surface area contributed by atoms with Gasteiger partial charge >= 0.3 is 11.9 Å². The summed E-state index contributed by atoms with van der Waals surface area (Å²) < 4.78 is 22.0. The molecule has 0 saturated carbocycles. The summed E-state index contributed by atoms with van der Waals surface area (Å²) in [6, 6.07) is 3.24. The standard InChI is InChI=1S/C32H46O9/c1-19(2)10-8-11-20(3)12-9-13-21(4)14-15-25-17-26(35)22(5)16-27(25)40-32-30(37)31(39-24(7)34)29(36)28(41-32)18-38-23(6)33/h10,12,14,16-17,28-32,35-37H,8-9,11,13,15,18H2,1-7H3/b20-12+,21-14+/t28-,29+,30-,31+,32-/m1/s1. The van der Waals surface area contributed by atoms with E-state index in [0.717, 1.165) is 32.6 Å². The SMILES string of the molecule is CC(=O)OC[C@H]1O[C@@H](Oc2cc(C)c(O)cc2C/C=C(\C)CC/C=C(\C)CCC=C(C)C)[C@H](O)[C@@H](OC(C)=O)[C@H]1O. The van der Waals surface area contributed by atoms with Crippen LogP contribution in [-0.2, 0) is 30.2 Å². The molecule has 0 bridgehead atoms. The predicted molar refractivity (Wildman–Crippen MR) is 155 cm³/mol. The lowest BCUT2D eigenvalue weighted by Crippen LogP contribution is -2.61. The second kappa shape index (κ2) is 16.3. The lowest BCUT2D eigenvalue weighted by molar-refractivity contribution is -0.282. The highest BCUT2D eigenvalue weighted by Crippen LogP contribution is 2.33. The molecular weight excluding hydrogens is 528 g/mol. The molecule has 1 saturated heterocycles. The van der Waals surface area contributed by atoms with Gasteiger partial charge in [0.2, 0.25) is 6.29 Å². The number of phenols is 1. The fourth-order valence-corrected chi connectivity index (χ4v) is 4.40. The van der Waals surface area contributed by atoms with Crippen LogP contribution in [0.25, 0.3) is 0 Å². The number of allylic oxidation sites excluding steroid dienone is 6. The third-order valence-corrected chi connectivity index (χ3v) is 6.81. The Kier molecular flexibility index (Phi) is 13.6. The summed E-state index contributed by atoms with van der Waals surface area (Å²) in [5.41, 5.74) is 5.08. The van der Waals surface area contributed by atoms with Gasteiger partial charge in [0.25, 0.3) is 0 Å². The van der Waals surface area contributed by atoms with Gasteiger partial charge in [-0.2, -0.15) is 0 Å². The molecule has 0 aromatic heterocycles. The second-order valence-electron chi connectivity index (χ2n) is 10.9. The Morgan fingerprint density at radius 1 is 0.902 bits per heavy atom. The maximum atomic E-state index is 11.7. The van der Waals surface area contributed by atoms with Crippen LogP contribution in [0.3, 0.4) is 0 Å². The number of aromatic hydroxyl groups is 1. The van der Waals surface area contributed by atoms with Crippen molar-refractivity contribution in [2.75, 3.05) is 6.61 Å². The molecule has 1 heterocycles. The van der Waals surface area contributed by atoms with Crippen molar-refractivity contribution in [1.29, 1.82) is 0 Å². The highest BCUT2D eigenvalue weighted by atomic mass is 16.7. The van der Waals surface area contributed by atoms with Crippen LogP contribution in [0.1, 0.15) is 78.4 Å². The Balaban J connectivity index is 2.18. The van der Waals surface area contributed by atoms with Crippen LogP contribution in [-0.4, -0.2) is 64.6 Å². The fraction of sp³-hybridized carbons (Fsp3) is 0.562. The van der Waals surface area contributed by atoms with E-state index in [2.05, 4.69) is 45.9 Å². The minimum absolute atomic E-state index is 0.0967. The highest BCUT2D eigenvalue weighted by Gasteiger charge is 2.48. The normalized spacial score (nSPS) is 23.1. The first kappa shape index (κ1) is 34.1. The molecule has 1 aliphatic rings. The molecule has 9 heteroatoms. The summed E-state index contributed by atoms with van der Waals surface area (Å²) >= 11 is 0. The van der Waals surface area contributed by atoms with Crippen LogP contribution in [0.5, 0.6) is 11.5 Å². The molecule has 1 aromatic rings. The molecule has 0 spiro atoms. The van der Waals surface area contributed by atoms with Crippen LogP contribution in [0, 0.1) is 6.92 Å². The van der Waals surface area contributed by atoms with Crippen LogP contribution < -0.4 is 4.74 Å². The molecule has 41 heavy (non-hydrogen) atoms. The Hall–Kier alpha value is -3.14. The number of hydrogen-bond donors (Lipinski definition) is 3. The maximum absolute atomic E-state index is 11.7. The molecule has 1 aliphatic heterocycles. The molecule has 1 aromatic carbocycles. The Labute approximate surface area is 243 Å². The number of ether oxygens (including phenoxy) is 4. The number of aryl methyl sites for hydroxylation is 1. The molecule has 0 aliphatic carbocycles. The van der Waals surface area contributed by atoms with E-state index in [4.69, 9.17) is 18.9 Å². The number of aliphatic hydroxyl groups excluding tert-OH is 2. The number of carbonyl (C=O) groups is 2. The lowest BCUT2D eigenvalue weighted by Gasteiger charge is -2.41. The largest absolute Gasteiger partial charge is 0.508 e. The molecule has 0 unspecified atom stereocenters. The van der Waals surface area contributed by atoms with Crippen molar-refractivity contribution in [3.8, 4) is 11.5 Å². The van der Waals surface area contributed by atoms with Crippen molar-refractivity contribution >= 4 is 11.9 Å². The third-order valence-electron chi connectivity index (χ3n) is 6.81. The molecule has 3 N–H and O–H groups in total. The topological polar surface area (TPSA) is 132 Å². The van der Waals surface area contributed by atoms with Gasteiger partial charge in [-0.15, -0.1) is 0 Å². The predicted octanol–water partition coefficient (Wildman–Crippen LogP) is 4.98. The van der Waals surface area contributed by atoms with Crippen molar-refractivity contribution in [3.63, 3.8) is 0 Å². The van der Waals surface area contributed by atoms with Crippen molar-refractivity contribution in [2.45, 2.75) is 111 Å². The van der Waals surface area contributed by atoms with E-state index in [1.807, 2.05) is 0 Å². The van der Waals surface area contributed by atoms with Gasteiger partial charge in [-0.05, 0) is 84.4 Å². The molecule has 1 fully saturated rings. The Morgan fingerprint density at radius 3 is 2.15 bits per heavy atom. The Bertz CT molecular complexity index is 1130. The lowest BCUT2D eigenvalue weighted by atomic mass is 9.98. The molecule has 9 nitrogen and oxygen atoms in total. The minimum Gasteiger partial charge on any atom is -0.508 e. The van der Waals surface area contributed by atoms with E-state index in [1.165, 1.54) is 23.6 Å². The monoisotopic (exact) mass is 574 g/mol. The molecule has 2 rings (SSSR count). The average molecular weight is 575 g/mol. The summed E-state index contributed by atoms with van der Waals surface area (Å²) in [4.78, 5) is 23.0. The third kappa shape index (κ3) is 11.3. The second-order valence-corrected chi connectivity index (χ2v) is 10.9. The molecular formula is C32H46O9. The van der Waals surface area contributed by atoms with Gasteiger partial charge < -0.3 is 34.3 Å². The fourth-order valence-electron chi connectivity index (χ4n) is 4.40. The van der Waals surface area contributed by atoms with Gasteiger partial charge in [0, 0.05) is 19.4 Å². The zero-order chi connectivity index (χ0) is 30.7. The van der Waals surface area contributed by atoms with Gasteiger partial charge in [-0.25, -0.2) is 0 Å². The van der Waals surface area contributed by atoms with Gasteiger partial charge in [0.15, 0.2) is 12.2 Å². The zero-order valence-electron chi connectivity index (χ0n) is 25.3. The van der Waals surface area contributed by atoms with Gasteiger partial charge in [-0.3, -0.25) is 9.59 Å². The first-order chi connectivity index (χ1) is 19.3. The number of benzene rings is 1. The Morgan fingerprint density at radius 2 is 1.54 bits per heavy atom. The molecule has 0 radical (unpaired) electrons. The summed E-state index contributed by atoms with van der Waals surface area (Å²) in [5, 5.41) is 31.9. The van der Waals surface area contributed by atoms with Crippen LogP contribution in [0.15, 0.2) is 47.1 Å². The molecule has 5 atom stereocenters. The average Bonchev–Trinajstić information content (AvgIpc) is 2.88. The number of esters is 2. The smallest absolute Gasteiger partial charge is 0.303 e. The van der Waals surface area contributed by atoms with Gasteiger partial charge in [0.05, 0.1) is 0 Å². The molecule has 228 valence electrons. The number of hydrogen-bond acceptors (Lipinski definition) is 9.